The molecular weight excluding hydrogens is 399 g/mol. The lowest BCUT2D eigenvalue weighted by Crippen LogP contribution is -2.10. The number of nitrogens with two attached hydrogens (primary N) is 1. The fourth-order valence-electron chi connectivity index (χ4n) is 3.42. The summed E-state index contributed by atoms with van der Waals surface area (Å²) in [6.45, 7) is -2.92. The number of nitrogens with zero attached hydrogens (tertiary/aromatic N) is 2. The maximum Gasteiger partial charge on any atom is 0.387 e. The number of hydrogen-bond acceptors (Lipinski definition) is 3. The number of hydrogen-bond donors (Lipinski definition) is 1. The van der Waals surface area contributed by atoms with Gasteiger partial charge in [0.2, 0.25) is 0 Å². The second kappa shape index (κ2) is 6.03. The molecule has 2 N–H and O–H groups in total. The zero-order valence-electron chi connectivity index (χ0n) is 12.8. The molecule has 1 aromatic carbocycles. The molecule has 0 saturated carbocycles. The van der Waals surface area contributed by atoms with E-state index in [0.29, 0.717) is 23.3 Å². The van der Waals surface area contributed by atoms with Crippen molar-refractivity contribution >= 4 is 21.6 Å². The molecule has 4 rings (SSSR count). The summed E-state index contributed by atoms with van der Waals surface area (Å²) in [4.78, 5) is 4.43. The summed E-state index contributed by atoms with van der Waals surface area (Å²) >= 11 is 3.17. The predicted octanol–water partition coefficient (Wildman–Crippen LogP) is 4.37. The molecule has 0 bridgehead atoms. The van der Waals surface area contributed by atoms with Crippen molar-refractivity contribution in [3.05, 3.63) is 63.8 Å². The number of aromatic nitrogens is 2. The highest BCUT2D eigenvalue weighted by molar-refractivity contribution is 9.10. The van der Waals surface area contributed by atoms with Crippen LogP contribution < -0.4 is 10.5 Å². The van der Waals surface area contributed by atoms with Crippen molar-refractivity contribution in [2.45, 2.75) is 25.0 Å². The standard InChI is InChI=1S/C17H13BrF3N3O/c18-10-7-24-14(6-11(10)19)23-15-12(22)5-9(16(15)24)8-3-1-2-4-13(8)25-17(20)21/h1-4,6-7,9,12,17H,5,22H2/t9-,12-/m1/s1. The van der Waals surface area contributed by atoms with Crippen molar-refractivity contribution in [1.82, 2.24) is 9.38 Å². The minimum atomic E-state index is -2.92. The van der Waals surface area contributed by atoms with Gasteiger partial charge in [-0.15, -0.1) is 0 Å². The van der Waals surface area contributed by atoms with Gasteiger partial charge in [-0.3, -0.25) is 0 Å². The molecule has 2 aromatic heterocycles. The Balaban J connectivity index is 1.90. The molecule has 4 nitrogen and oxygen atoms in total. The molecular formula is C17H13BrF3N3O. The average Bonchev–Trinajstić information content (AvgIpc) is 3.06. The van der Waals surface area contributed by atoms with Crippen LogP contribution in [0.4, 0.5) is 13.2 Å². The Morgan fingerprint density at radius 3 is 2.84 bits per heavy atom. The highest BCUT2D eigenvalue weighted by Gasteiger charge is 2.36. The fraction of sp³-hybridized carbons (Fsp3) is 0.235. The van der Waals surface area contributed by atoms with Crippen LogP contribution in [0.15, 0.2) is 41.0 Å². The summed E-state index contributed by atoms with van der Waals surface area (Å²) in [7, 11) is 0. The SMILES string of the molecule is N[C@@H]1C[C@H](c2ccccc2OC(F)F)c2c1nc1cc(F)c(Br)cn21. The number of benzene rings is 1. The number of para-hydroxylation sites is 1. The number of halogens is 4. The lowest BCUT2D eigenvalue weighted by molar-refractivity contribution is -0.0505. The minimum Gasteiger partial charge on any atom is -0.435 e. The molecule has 8 heteroatoms. The van der Waals surface area contributed by atoms with E-state index in [4.69, 9.17) is 5.73 Å². The molecule has 0 fully saturated rings. The van der Waals surface area contributed by atoms with E-state index in [-0.39, 0.29) is 22.2 Å². The Kier molecular flexibility index (Phi) is 3.96. The lowest BCUT2D eigenvalue weighted by atomic mass is 9.95. The van der Waals surface area contributed by atoms with Crippen molar-refractivity contribution in [2.24, 2.45) is 5.73 Å². The van der Waals surface area contributed by atoms with E-state index in [2.05, 4.69) is 25.7 Å². The van der Waals surface area contributed by atoms with Crippen molar-refractivity contribution in [1.29, 1.82) is 0 Å². The zero-order chi connectivity index (χ0) is 17.7. The minimum absolute atomic E-state index is 0.110. The van der Waals surface area contributed by atoms with Gasteiger partial charge < -0.3 is 14.9 Å². The zero-order valence-corrected chi connectivity index (χ0v) is 14.4. The van der Waals surface area contributed by atoms with Crippen LogP contribution in [0, 0.1) is 5.82 Å². The molecule has 1 aliphatic carbocycles. The smallest absolute Gasteiger partial charge is 0.387 e. The van der Waals surface area contributed by atoms with Gasteiger partial charge in [-0.05, 0) is 28.4 Å². The van der Waals surface area contributed by atoms with Crippen LogP contribution in [-0.2, 0) is 0 Å². The topological polar surface area (TPSA) is 52.5 Å². The molecule has 3 aromatic rings. The Morgan fingerprint density at radius 1 is 1.32 bits per heavy atom. The van der Waals surface area contributed by atoms with E-state index in [1.807, 2.05) is 0 Å². The molecule has 130 valence electrons. The maximum absolute atomic E-state index is 13.8. The molecule has 1 aliphatic rings. The number of ether oxygens (including phenoxy) is 1. The third-order valence-corrected chi connectivity index (χ3v) is 5.00. The first-order chi connectivity index (χ1) is 12.0. The third kappa shape index (κ3) is 2.69. The van der Waals surface area contributed by atoms with Crippen LogP contribution in [-0.4, -0.2) is 16.0 Å². The van der Waals surface area contributed by atoms with Crippen LogP contribution >= 0.6 is 15.9 Å². The van der Waals surface area contributed by atoms with Gasteiger partial charge in [-0.2, -0.15) is 8.78 Å². The Hall–Kier alpha value is -2.06. The first-order valence-electron chi connectivity index (χ1n) is 7.62. The first-order valence-corrected chi connectivity index (χ1v) is 8.41. The maximum atomic E-state index is 13.8. The van der Waals surface area contributed by atoms with Gasteiger partial charge in [0.25, 0.3) is 0 Å². The highest BCUT2D eigenvalue weighted by atomic mass is 79.9. The van der Waals surface area contributed by atoms with Gasteiger partial charge in [0, 0.05) is 29.8 Å². The van der Waals surface area contributed by atoms with E-state index in [0.717, 1.165) is 5.69 Å². The lowest BCUT2D eigenvalue weighted by Gasteiger charge is -2.17. The van der Waals surface area contributed by atoms with Crippen LogP contribution in [0.5, 0.6) is 5.75 Å². The number of alkyl halides is 2. The second-order valence-electron chi connectivity index (χ2n) is 5.89. The summed E-state index contributed by atoms with van der Waals surface area (Å²) in [5.41, 5.74) is 8.65. The van der Waals surface area contributed by atoms with Crippen molar-refractivity contribution in [3.63, 3.8) is 0 Å². The van der Waals surface area contributed by atoms with Crippen LogP contribution in [0.1, 0.15) is 35.3 Å². The molecule has 0 amide bonds. The Bertz CT molecular complexity index is 960. The van der Waals surface area contributed by atoms with Gasteiger partial charge in [0.1, 0.15) is 17.2 Å². The first kappa shape index (κ1) is 16.4. The average molecular weight is 412 g/mol. The summed E-state index contributed by atoms with van der Waals surface area (Å²) in [5, 5.41) is 0. The number of pyridine rings is 1. The van der Waals surface area contributed by atoms with Gasteiger partial charge >= 0.3 is 6.61 Å². The summed E-state index contributed by atoms with van der Waals surface area (Å²) in [5.74, 6) is -0.589. The quantitative estimate of drug-likeness (QED) is 0.695. The van der Waals surface area contributed by atoms with E-state index in [9.17, 15) is 13.2 Å². The predicted molar refractivity (Wildman–Crippen MR) is 89.3 cm³/mol. The number of imidazole rings is 1. The Labute approximate surface area is 149 Å². The molecule has 0 radical (unpaired) electrons. The van der Waals surface area contributed by atoms with E-state index >= 15 is 0 Å². The molecule has 0 unspecified atom stereocenters. The molecule has 2 heterocycles. The number of fused-ring (bicyclic) bond motifs is 3. The second-order valence-corrected chi connectivity index (χ2v) is 6.75. The normalized spacial score (nSPS) is 19.6. The molecule has 0 aliphatic heterocycles. The highest BCUT2D eigenvalue weighted by Crippen LogP contribution is 2.46. The van der Waals surface area contributed by atoms with E-state index in [1.54, 1.807) is 28.8 Å². The molecule has 0 saturated heterocycles. The number of rotatable bonds is 3. The summed E-state index contributed by atoms with van der Waals surface area (Å²) < 4.78 is 46.0. The summed E-state index contributed by atoms with van der Waals surface area (Å²) in [6.07, 6.45) is 2.09. The van der Waals surface area contributed by atoms with Gasteiger partial charge in [0.05, 0.1) is 15.9 Å². The fourth-order valence-corrected chi connectivity index (χ4v) is 3.74. The molecule has 25 heavy (non-hydrogen) atoms. The van der Waals surface area contributed by atoms with Crippen LogP contribution in [0.3, 0.4) is 0 Å². The van der Waals surface area contributed by atoms with Crippen LogP contribution in [0.2, 0.25) is 0 Å². The van der Waals surface area contributed by atoms with Gasteiger partial charge in [-0.25, -0.2) is 9.37 Å². The largest absolute Gasteiger partial charge is 0.435 e. The van der Waals surface area contributed by atoms with E-state index < -0.39 is 12.4 Å². The monoisotopic (exact) mass is 411 g/mol. The molecule has 2 atom stereocenters. The van der Waals surface area contributed by atoms with Crippen molar-refractivity contribution < 1.29 is 17.9 Å². The van der Waals surface area contributed by atoms with Crippen LogP contribution in [0.25, 0.3) is 5.65 Å². The Morgan fingerprint density at radius 2 is 2.08 bits per heavy atom. The van der Waals surface area contributed by atoms with Gasteiger partial charge in [0.15, 0.2) is 0 Å². The van der Waals surface area contributed by atoms with Crippen molar-refractivity contribution in [3.8, 4) is 5.75 Å². The summed E-state index contributed by atoms with van der Waals surface area (Å²) in [6, 6.07) is 7.59. The van der Waals surface area contributed by atoms with Gasteiger partial charge in [-0.1, -0.05) is 18.2 Å². The molecule has 0 spiro atoms. The van der Waals surface area contributed by atoms with Crippen molar-refractivity contribution in [2.75, 3.05) is 0 Å². The third-order valence-electron chi connectivity index (χ3n) is 4.41. The van der Waals surface area contributed by atoms with E-state index in [1.165, 1.54) is 12.1 Å².